The van der Waals surface area contributed by atoms with Gasteiger partial charge in [0.1, 0.15) is 0 Å². The summed E-state index contributed by atoms with van der Waals surface area (Å²) in [6.07, 6.45) is 1.73. The van der Waals surface area contributed by atoms with Crippen molar-refractivity contribution in [2.24, 2.45) is 0 Å². The Balaban J connectivity index is 1.58. The molecule has 0 unspecified atom stereocenters. The molecule has 1 atom stereocenters. The summed E-state index contributed by atoms with van der Waals surface area (Å²) in [6.45, 7) is 5.49. The standard InChI is InChI=1S/C24H24N2O3/c1-14-11-12-15(2)21(13-14)26-23(27)16(3)29-24(28)22-17-7-4-5-9-19(17)25-20-10-6-8-18(20)22/h4-5,7,9,11-13,16H,6,8,10H2,1-3H3,(H,26,27)/t16-/m1/s1. The molecule has 0 bridgehead atoms. The van der Waals surface area contributed by atoms with E-state index in [4.69, 9.17) is 9.72 Å². The summed E-state index contributed by atoms with van der Waals surface area (Å²) < 4.78 is 5.60. The van der Waals surface area contributed by atoms with E-state index in [0.29, 0.717) is 5.56 Å². The predicted molar refractivity (Wildman–Crippen MR) is 113 cm³/mol. The highest BCUT2D eigenvalue weighted by Gasteiger charge is 2.27. The number of amides is 1. The van der Waals surface area contributed by atoms with Crippen molar-refractivity contribution in [2.45, 2.75) is 46.1 Å². The number of nitrogens with one attached hydrogen (secondary N) is 1. The lowest BCUT2D eigenvalue weighted by Gasteiger charge is -2.17. The van der Waals surface area contributed by atoms with Gasteiger partial charge in [-0.3, -0.25) is 9.78 Å². The van der Waals surface area contributed by atoms with Gasteiger partial charge in [0, 0.05) is 16.8 Å². The minimum Gasteiger partial charge on any atom is -0.449 e. The number of anilines is 1. The highest BCUT2D eigenvalue weighted by molar-refractivity contribution is 6.06. The SMILES string of the molecule is Cc1ccc(C)c(NC(=O)[C@@H](C)OC(=O)c2c3c(nc4ccccc24)CCC3)c1. The molecule has 0 radical (unpaired) electrons. The molecule has 5 nitrogen and oxygen atoms in total. The van der Waals surface area contributed by atoms with Crippen LogP contribution in [0.15, 0.2) is 42.5 Å². The van der Waals surface area contributed by atoms with E-state index in [-0.39, 0.29) is 5.91 Å². The summed E-state index contributed by atoms with van der Waals surface area (Å²) in [7, 11) is 0. The van der Waals surface area contributed by atoms with Crippen LogP contribution in [-0.4, -0.2) is 23.0 Å². The summed E-state index contributed by atoms with van der Waals surface area (Å²) in [6, 6.07) is 13.4. The Morgan fingerprint density at radius 1 is 1.10 bits per heavy atom. The van der Waals surface area contributed by atoms with E-state index in [1.165, 1.54) is 0 Å². The first-order valence-electron chi connectivity index (χ1n) is 9.93. The largest absolute Gasteiger partial charge is 0.449 e. The summed E-state index contributed by atoms with van der Waals surface area (Å²) in [5.74, 6) is -0.813. The van der Waals surface area contributed by atoms with Gasteiger partial charge < -0.3 is 10.1 Å². The van der Waals surface area contributed by atoms with Gasteiger partial charge in [-0.1, -0.05) is 30.3 Å². The van der Waals surface area contributed by atoms with Crippen LogP contribution in [0.2, 0.25) is 0 Å². The number of fused-ring (bicyclic) bond motifs is 2. The predicted octanol–water partition coefficient (Wildman–Crippen LogP) is 4.52. The van der Waals surface area contributed by atoms with Gasteiger partial charge in [-0.25, -0.2) is 4.79 Å². The van der Waals surface area contributed by atoms with Crippen LogP contribution in [0.5, 0.6) is 0 Å². The van der Waals surface area contributed by atoms with E-state index in [1.54, 1.807) is 6.92 Å². The highest BCUT2D eigenvalue weighted by Crippen LogP contribution is 2.30. The van der Waals surface area contributed by atoms with Crippen molar-refractivity contribution in [3.63, 3.8) is 0 Å². The van der Waals surface area contributed by atoms with E-state index < -0.39 is 12.1 Å². The minimum absolute atomic E-state index is 0.345. The van der Waals surface area contributed by atoms with E-state index >= 15 is 0 Å². The van der Waals surface area contributed by atoms with Crippen LogP contribution in [0.4, 0.5) is 5.69 Å². The summed E-state index contributed by atoms with van der Waals surface area (Å²) in [4.78, 5) is 30.4. The molecule has 29 heavy (non-hydrogen) atoms. The van der Waals surface area contributed by atoms with Gasteiger partial charge in [-0.05, 0) is 68.9 Å². The molecule has 1 aromatic heterocycles. The number of carbonyl (C=O) groups excluding carboxylic acids is 2. The Morgan fingerprint density at radius 3 is 2.72 bits per heavy atom. The van der Waals surface area contributed by atoms with Crippen molar-refractivity contribution in [3.05, 3.63) is 70.4 Å². The molecule has 0 spiro atoms. The van der Waals surface area contributed by atoms with Crippen molar-refractivity contribution in [1.82, 2.24) is 4.98 Å². The Labute approximate surface area is 170 Å². The van der Waals surface area contributed by atoms with Crippen LogP contribution in [0.3, 0.4) is 0 Å². The number of pyridine rings is 1. The van der Waals surface area contributed by atoms with Gasteiger partial charge in [0.25, 0.3) is 5.91 Å². The molecule has 4 rings (SSSR count). The molecule has 5 heteroatoms. The zero-order chi connectivity index (χ0) is 20.5. The zero-order valence-corrected chi connectivity index (χ0v) is 16.9. The first kappa shape index (κ1) is 19.1. The van der Waals surface area contributed by atoms with Crippen LogP contribution in [-0.2, 0) is 22.4 Å². The van der Waals surface area contributed by atoms with Crippen LogP contribution >= 0.6 is 0 Å². The Bertz CT molecular complexity index is 1120. The molecular weight excluding hydrogens is 364 g/mol. The molecule has 0 saturated heterocycles. The number of aromatic nitrogens is 1. The third kappa shape index (κ3) is 3.73. The summed E-state index contributed by atoms with van der Waals surface area (Å²) in [5.41, 5.74) is 5.99. The zero-order valence-electron chi connectivity index (χ0n) is 16.9. The van der Waals surface area contributed by atoms with Gasteiger partial charge in [0.2, 0.25) is 0 Å². The molecule has 1 aliphatic carbocycles. The monoisotopic (exact) mass is 388 g/mol. The highest BCUT2D eigenvalue weighted by atomic mass is 16.5. The van der Waals surface area contributed by atoms with Crippen LogP contribution in [0, 0.1) is 13.8 Å². The van der Waals surface area contributed by atoms with E-state index in [0.717, 1.165) is 58.2 Å². The lowest BCUT2D eigenvalue weighted by atomic mass is 10.0. The Morgan fingerprint density at radius 2 is 1.90 bits per heavy atom. The average molecular weight is 388 g/mol. The van der Waals surface area contributed by atoms with E-state index in [2.05, 4.69) is 5.32 Å². The Kier molecular flexibility index (Phi) is 5.05. The number of hydrogen-bond donors (Lipinski definition) is 1. The maximum absolute atomic E-state index is 13.1. The Hall–Kier alpha value is -3.21. The van der Waals surface area contributed by atoms with Crippen molar-refractivity contribution < 1.29 is 14.3 Å². The number of nitrogens with zero attached hydrogens (tertiary/aromatic N) is 1. The number of ether oxygens (including phenoxy) is 1. The molecule has 2 aromatic carbocycles. The number of carbonyl (C=O) groups is 2. The van der Waals surface area contributed by atoms with Crippen molar-refractivity contribution in [3.8, 4) is 0 Å². The molecule has 1 N–H and O–H groups in total. The maximum atomic E-state index is 13.1. The van der Waals surface area contributed by atoms with Gasteiger partial charge >= 0.3 is 5.97 Å². The lowest BCUT2D eigenvalue weighted by Crippen LogP contribution is -2.30. The number of hydrogen-bond acceptors (Lipinski definition) is 4. The molecule has 1 amide bonds. The number of aryl methyl sites for hydroxylation is 3. The van der Waals surface area contributed by atoms with Gasteiger partial charge in [0.05, 0.1) is 11.1 Å². The van der Waals surface area contributed by atoms with Crippen LogP contribution in [0.1, 0.15) is 46.1 Å². The van der Waals surface area contributed by atoms with Crippen LogP contribution < -0.4 is 5.32 Å². The molecule has 0 aliphatic heterocycles. The van der Waals surface area contributed by atoms with Crippen molar-refractivity contribution >= 4 is 28.5 Å². The fourth-order valence-corrected chi connectivity index (χ4v) is 3.82. The first-order valence-corrected chi connectivity index (χ1v) is 9.93. The second kappa shape index (κ2) is 7.66. The second-order valence-electron chi connectivity index (χ2n) is 7.64. The third-order valence-corrected chi connectivity index (χ3v) is 5.43. The summed E-state index contributed by atoms with van der Waals surface area (Å²) in [5, 5.41) is 3.65. The molecule has 3 aromatic rings. The quantitative estimate of drug-likeness (QED) is 0.667. The molecule has 148 valence electrons. The van der Waals surface area contributed by atoms with Crippen molar-refractivity contribution in [2.75, 3.05) is 5.32 Å². The van der Waals surface area contributed by atoms with Gasteiger partial charge in [0.15, 0.2) is 6.10 Å². The van der Waals surface area contributed by atoms with Gasteiger partial charge in [-0.2, -0.15) is 0 Å². The molecule has 1 aliphatic rings. The maximum Gasteiger partial charge on any atom is 0.339 e. The van der Waals surface area contributed by atoms with E-state index in [9.17, 15) is 9.59 Å². The minimum atomic E-state index is -0.911. The van der Waals surface area contributed by atoms with E-state index in [1.807, 2.05) is 56.3 Å². The fourth-order valence-electron chi connectivity index (χ4n) is 3.82. The number of benzene rings is 2. The lowest BCUT2D eigenvalue weighted by molar-refractivity contribution is -0.123. The second-order valence-corrected chi connectivity index (χ2v) is 7.64. The number of para-hydroxylation sites is 1. The molecule has 0 fully saturated rings. The molecular formula is C24H24N2O3. The van der Waals surface area contributed by atoms with Crippen molar-refractivity contribution in [1.29, 1.82) is 0 Å². The first-order chi connectivity index (χ1) is 13.9. The number of rotatable bonds is 4. The summed E-state index contributed by atoms with van der Waals surface area (Å²) >= 11 is 0. The van der Waals surface area contributed by atoms with Gasteiger partial charge in [-0.15, -0.1) is 0 Å². The number of esters is 1. The smallest absolute Gasteiger partial charge is 0.339 e. The third-order valence-electron chi connectivity index (χ3n) is 5.43. The molecule has 0 saturated carbocycles. The fraction of sp³-hybridized carbons (Fsp3) is 0.292. The normalized spacial score (nSPS) is 13.8. The molecule has 1 heterocycles. The van der Waals surface area contributed by atoms with Crippen LogP contribution in [0.25, 0.3) is 10.9 Å². The topological polar surface area (TPSA) is 68.3 Å². The average Bonchev–Trinajstić information content (AvgIpc) is 3.16.